The van der Waals surface area contributed by atoms with Gasteiger partial charge in [0, 0.05) is 28.8 Å². The van der Waals surface area contributed by atoms with Crippen molar-refractivity contribution >= 4 is 23.1 Å². The van der Waals surface area contributed by atoms with E-state index in [1.54, 1.807) is 18.7 Å². The molecular formula is C21H4BF15N2. The highest BCUT2D eigenvalue weighted by Crippen LogP contribution is 2.23. The van der Waals surface area contributed by atoms with Gasteiger partial charge in [0.15, 0.2) is 87.3 Å². The van der Waals surface area contributed by atoms with Gasteiger partial charge in [-0.1, -0.05) is 0 Å². The van der Waals surface area contributed by atoms with Gasteiger partial charge in [-0.3, -0.25) is 0 Å². The van der Waals surface area contributed by atoms with Gasteiger partial charge >= 0.3 is 0 Å². The average molecular weight is 580 g/mol. The summed E-state index contributed by atoms with van der Waals surface area (Å²) >= 11 is 0. The van der Waals surface area contributed by atoms with Crippen molar-refractivity contribution in [3.8, 4) is 0 Å². The number of nitrogens with one attached hydrogen (secondary N) is 1. The normalized spacial score (nSPS) is 10.9. The Bertz CT molecular complexity index is 1300. The van der Waals surface area contributed by atoms with Crippen LogP contribution in [0.15, 0.2) is 18.7 Å². The summed E-state index contributed by atoms with van der Waals surface area (Å²) in [7, 11) is 0. The second-order valence-corrected chi connectivity index (χ2v) is 7.14. The molecule has 206 valence electrons. The van der Waals surface area contributed by atoms with Crippen LogP contribution in [0.5, 0.6) is 0 Å². The molecular weight excluding hydrogens is 576 g/mol. The van der Waals surface area contributed by atoms with E-state index >= 15 is 0 Å². The highest BCUT2D eigenvalue weighted by Gasteiger charge is 2.45. The van der Waals surface area contributed by atoms with Crippen LogP contribution in [0.1, 0.15) is 0 Å². The van der Waals surface area contributed by atoms with Crippen molar-refractivity contribution in [1.29, 1.82) is 0 Å². The van der Waals surface area contributed by atoms with E-state index in [0.29, 0.717) is 0 Å². The summed E-state index contributed by atoms with van der Waals surface area (Å²) in [5, 5.41) is 0. The average Bonchev–Trinajstić information content (AvgIpc) is 3.51. The van der Waals surface area contributed by atoms with Crippen LogP contribution in [-0.2, 0) is 0 Å². The molecule has 4 rings (SSSR count). The fraction of sp³-hybridized carbons (Fsp3) is 0. The van der Waals surface area contributed by atoms with Crippen molar-refractivity contribution in [2.75, 3.05) is 0 Å². The maximum Gasteiger partial charge on any atom is 0.265 e. The van der Waals surface area contributed by atoms with Crippen molar-refractivity contribution < 1.29 is 65.9 Å². The Hall–Kier alpha value is -4.12. The SMILES string of the molecule is Fc1c(F)c(F)c(B(c2c(F)c(F)c(F)c(F)c2F)c2c(F)c(F)c(F)c(F)c2F)c(F)c1F.c1c[nH]cn1. The molecule has 0 saturated carbocycles. The molecule has 18 heteroatoms. The van der Waals surface area contributed by atoms with Crippen LogP contribution in [0.25, 0.3) is 0 Å². The number of hydrogen-bond donors (Lipinski definition) is 1. The molecule has 0 bridgehead atoms. The zero-order valence-electron chi connectivity index (χ0n) is 17.9. The first-order valence-corrected chi connectivity index (χ1v) is 9.63. The van der Waals surface area contributed by atoms with Crippen LogP contribution in [0.2, 0.25) is 0 Å². The van der Waals surface area contributed by atoms with Crippen molar-refractivity contribution in [3.05, 3.63) is 106 Å². The monoisotopic (exact) mass is 580 g/mol. The summed E-state index contributed by atoms with van der Waals surface area (Å²) in [5.74, 6) is -45.2. The lowest BCUT2D eigenvalue weighted by atomic mass is 9.36. The van der Waals surface area contributed by atoms with E-state index in [9.17, 15) is 65.9 Å². The summed E-state index contributed by atoms with van der Waals surface area (Å²) < 4.78 is 209. The first kappa shape index (κ1) is 29.4. The number of imidazole rings is 1. The fourth-order valence-electron chi connectivity index (χ4n) is 3.27. The minimum atomic E-state index is -3.96. The molecule has 2 nitrogen and oxygen atoms in total. The molecule has 0 unspecified atom stereocenters. The van der Waals surface area contributed by atoms with Crippen LogP contribution < -0.4 is 16.4 Å². The summed E-state index contributed by atoms with van der Waals surface area (Å²) in [5.41, 5.74) is -8.03. The quantitative estimate of drug-likeness (QED) is 0.162. The van der Waals surface area contributed by atoms with E-state index in [4.69, 9.17) is 0 Å². The van der Waals surface area contributed by atoms with Crippen LogP contribution in [0.4, 0.5) is 65.9 Å². The van der Waals surface area contributed by atoms with Gasteiger partial charge in [-0.15, -0.1) is 0 Å². The lowest BCUT2D eigenvalue weighted by molar-refractivity contribution is 0.380. The Morgan fingerprint density at radius 2 is 0.615 bits per heavy atom. The maximum absolute atomic E-state index is 14.4. The Morgan fingerprint density at radius 3 is 0.769 bits per heavy atom. The van der Waals surface area contributed by atoms with Gasteiger partial charge in [0.05, 0.1) is 6.33 Å². The van der Waals surface area contributed by atoms with Crippen LogP contribution >= 0.6 is 0 Å². The first-order chi connectivity index (χ1) is 18.2. The smallest absolute Gasteiger partial charge is 0.265 e. The van der Waals surface area contributed by atoms with Gasteiger partial charge in [0.2, 0.25) is 0 Å². The third-order valence-electron chi connectivity index (χ3n) is 5.00. The van der Waals surface area contributed by atoms with Crippen molar-refractivity contribution in [3.63, 3.8) is 0 Å². The second-order valence-electron chi connectivity index (χ2n) is 7.14. The second kappa shape index (κ2) is 10.9. The maximum atomic E-state index is 14.4. The van der Waals surface area contributed by atoms with E-state index in [1.807, 2.05) is 0 Å². The Balaban J connectivity index is 0.000000753. The molecule has 4 aromatic rings. The first-order valence-electron chi connectivity index (χ1n) is 9.63. The zero-order chi connectivity index (χ0) is 29.5. The van der Waals surface area contributed by atoms with Crippen LogP contribution in [0.3, 0.4) is 0 Å². The van der Waals surface area contributed by atoms with Gasteiger partial charge in [-0.25, -0.2) is 70.8 Å². The number of nitrogens with zero attached hydrogens (tertiary/aromatic N) is 1. The molecule has 1 aromatic heterocycles. The van der Waals surface area contributed by atoms with E-state index in [1.165, 1.54) is 0 Å². The number of rotatable bonds is 3. The standard InChI is InChI=1S/C18BF15.C3H4N2/c20-4-1(5(21)11(27)16(32)10(4)26)19(2-6(22)12(28)17(33)13(29)7(2)23)3-8(24)14(30)18(34)15(31)9(3)25;1-2-5-3-4-1/h;1-3H,(H,4,5). The molecule has 0 radical (unpaired) electrons. The number of halogens is 15. The molecule has 3 aromatic carbocycles. The van der Waals surface area contributed by atoms with Crippen molar-refractivity contribution in [2.24, 2.45) is 0 Å². The number of hydrogen-bond acceptors (Lipinski definition) is 1. The minimum absolute atomic E-state index is 1.62. The molecule has 39 heavy (non-hydrogen) atoms. The third kappa shape index (κ3) is 4.78. The fourth-order valence-corrected chi connectivity index (χ4v) is 3.27. The molecule has 1 heterocycles. The van der Waals surface area contributed by atoms with Crippen LogP contribution in [-0.4, -0.2) is 16.7 Å². The zero-order valence-corrected chi connectivity index (χ0v) is 17.9. The molecule has 0 atom stereocenters. The molecule has 0 saturated heterocycles. The summed E-state index contributed by atoms with van der Waals surface area (Å²) in [6, 6.07) is 0. The Labute approximate surface area is 205 Å². The van der Waals surface area contributed by atoms with E-state index < -0.39 is 110 Å². The molecule has 0 amide bonds. The number of benzene rings is 3. The van der Waals surface area contributed by atoms with E-state index in [0.717, 1.165) is 0 Å². The number of H-pyrrole nitrogens is 1. The largest absolute Gasteiger partial charge is 0.351 e. The van der Waals surface area contributed by atoms with Gasteiger partial charge in [0.25, 0.3) is 6.71 Å². The van der Waals surface area contributed by atoms with Gasteiger partial charge in [0.1, 0.15) is 0 Å². The molecule has 0 aliphatic rings. The van der Waals surface area contributed by atoms with Crippen LogP contribution in [0, 0.1) is 87.3 Å². The predicted molar refractivity (Wildman–Crippen MR) is 102 cm³/mol. The molecule has 0 fully saturated rings. The number of aromatic nitrogens is 2. The molecule has 0 aliphatic carbocycles. The lowest BCUT2D eigenvalue weighted by Gasteiger charge is -2.21. The van der Waals surface area contributed by atoms with Gasteiger partial charge in [-0.05, 0) is 0 Å². The van der Waals surface area contributed by atoms with E-state index in [-0.39, 0.29) is 0 Å². The lowest BCUT2D eigenvalue weighted by Crippen LogP contribution is -2.60. The van der Waals surface area contributed by atoms with Gasteiger partial charge < -0.3 is 4.98 Å². The summed E-state index contributed by atoms with van der Waals surface area (Å²) in [6.45, 7) is -3.96. The van der Waals surface area contributed by atoms with E-state index in [2.05, 4.69) is 9.97 Å². The molecule has 1 N–H and O–H groups in total. The minimum Gasteiger partial charge on any atom is -0.351 e. The molecule has 0 spiro atoms. The summed E-state index contributed by atoms with van der Waals surface area (Å²) in [4.78, 5) is 6.42. The third-order valence-corrected chi connectivity index (χ3v) is 5.00. The Kier molecular flexibility index (Phi) is 8.26. The molecule has 0 aliphatic heterocycles. The topological polar surface area (TPSA) is 28.7 Å². The summed E-state index contributed by atoms with van der Waals surface area (Å²) in [6.07, 6.45) is 5.08. The highest BCUT2D eigenvalue weighted by molar-refractivity contribution is 6.95. The Morgan fingerprint density at radius 1 is 0.385 bits per heavy atom. The van der Waals surface area contributed by atoms with Crippen molar-refractivity contribution in [1.82, 2.24) is 9.97 Å². The number of aromatic amines is 1. The predicted octanol–water partition coefficient (Wildman–Crippen LogP) is 4.70. The van der Waals surface area contributed by atoms with Gasteiger partial charge in [-0.2, -0.15) is 0 Å². The highest BCUT2D eigenvalue weighted by atomic mass is 19.2. The van der Waals surface area contributed by atoms with Crippen molar-refractivity contribution in [2.45, 2.75) is 0 Å².